The Hall–Kier alpha value is -1.54. The maximum Gasteiger partial charge on any atom is 0.238 e. The van der Waals surface area contributed by atoms with Gasteiger partial charge < -0.3 is 10.2 Å². The molecule has 0 heterocycles. The molecule has 1 atom stereocenters. The molecular weight excluding hydrogens is 378 g/mol. The van der Waals surface area contributed by atoms with Crippen LogP contribution in [-0.4, -0.2) is 45.8 Å². The highest BCUT2D eigenvalue weighted by atomic mass is 32.2. The molecule has 7 heteroatoms. The molecule has 148 valence electrons. The van der Waals surface area contributed by atoms with Crippen molar-refractivity contribution in [2.45, 2.75) is 36.1 Å². The number of nitrogens with zero attached hydrogens (tertiary/aromatic N) is 1. The number of nitrogens with two attached hydrogens (primary N) is 1. The van der Waals surface area contributed by atoms with E-state index in [0.717, 1.165) is 35.5 Å². The monoisotopic (exact) mass is 407 g/mol. The van der Waals surface area contributed by atoms with Gasteiger partial charge in [0, 0.05) is 22.4 Å². The third-order valence-corrected chi connectivity index (χ3v) is 6.37. The minimum absolute atomic E-state index is 0.159. The van der Waals surface area contributed by atoms with Crippen molar-refractivity contribution in [2.24, 2.45) is 5.14 Å². The second-order valence-corrected chi connectivity index (χ2v) is 9.69. The lowest BCUT2D eigenvalue weighted by molar-refractivity contribution is 0.391. The number of benzene rings is 2. The molecule has 2 aromatic carbocycles. The van der Waals surface area contributed by atoms with Crippen LogP contribution in [0.2, 0.25) is 0 Å². The lowest BCUT2D eigenvalue weighted by Gasteiger charge is -2.24. The number of rotatable bonds is 9. The zero-order valence-corrected chi connectivity index (χ0v) is 18.0. The van der Waals surface area contributed by atoms with Gasteiger partial charge in [0.1, 0.15) is 0 Å². The van der Waals surface area contributed by atoms with E-state index in [1.807, 2.05) is 43.8 Å². The molecule has 5 nitrogen and oxygen atoms in total. The van der Waals surface area contributed by atoms with Gasteiger partial charge in [-0.3, -0.25) is 0 Å². The summed E-state index contributed by atoms with van der Waals surface area (Å²) in [5.41, 5.74) is 2.76. The van der Waals surface area contributed by atoms with Crippen molar-refractivity contribution in [3.8, 4) is 0 Å². The molecule has 0 aliphatic heterocycles. The molecule has 0 aromatic heterocycles. The highest BCUT2D eigenvalue weighted by Gasteiger charge is 2.16. The minimum Gasteiger partial charge on any atom is -0.381 e. The third kappa shape index (κ3) is 6.84. The Morgan fingerprint density at radius 3 is 2.22 bits per heavy atom. The van der Waals surface area contributed by atoms with Crippen LogP contribution in [0.3, 0.4) is 0 Å². The van der Waals surface area contributed by atoms with E-state index in [9.17, 15) is 8.42 Å². The zero-order valence-electron chi connectivity index (χ0n) is 16.4. The normalized spacial score (nSPS) is 13.0. The summed E-state index contributed by atoms with van der Waals surface area (Å²) < 4.78 is 23.3. The second kappa shape index (κ2) is 9.59. The fraction of sp³-hybridized carbons (Fsp3) is 0.400. The Bertz CT molecular complexity index is 830. The molecule has 0 saturated carbocycles. The fourth-order valence-corrected chi connectivity index (χ4v) is 4.52. The number of nitrogens with one attached hydrogen (secondary N) is 1. The smallest absolute Gasteiger partial charge is 0.238 e. The number of sulfonamides is 1. The van der Waals surface area contributed by atoms with Crippen LogP contribution in [0.15, 0.2) is 52.3 Å². The van der Waals surface area contributed by atoms with Crippen LogP contribution in [0.4, 0.5) is 5.69 Å². The number of hydrogen-bond acceptors (Lipinski definition) is 5. The van der Waals surface area contributed by atoms with Gasteiger partial charge in [-0.05, 0) is 76.3 Å². The Morgan fingerprint density at radius 1 is 1.11 bits per heavy atom. The quantitative estimate of drug-likeness (QED) is 0.623. The van der Waals surface area contributed by atoms with Crippen molar-refractivity contribution in [3.05, 3.63) is 53.6 Å². The standard InChI is InChI=1S/C20H29N3O2S2/c1-15-12-19(27(21,24)25)13-16(2)20(15)22-17(10-11-23(3)4)14-26-18-8-6-5-7-9-18/h5-9,12-13,17,22H,10-11,14H2,1-4H3,(H2,21,24,25). The van der Waals surface area contributed by atoms with E-state index in [0.29, 0.717) is 0 Å². The van der Waals surface area contributed by atoms with Gasteiger partial charge in [0.05, 0.1) is 4.90 Å². The predicted molar refractivity (Wildman–Crippen MR) is 115 cm³/mol. The Kier molecular flexibility index (Phi) is 7.73. The van der Waals surface area contributed by atoms with Crippen molar-refractivity contribution in [1.29, 1.82) is 0 Å². The van der Waals surface area contributed by atoms with Crippen LogP contribution in [0.1, 0.15) is 17.5 Å². The van der Waals surface area contributed by atoms with E-state index < -0.39 is 10.0 Å². The summed E-state index contributed by atoms with van der Waals surface area (Å²) in [5.74, 6) is 0.924. The topological polar surface area (TPSA) is 75.4 Å². The molecule has 0 spiro atoms. The first-order valence-corrected chi connectivity index (χ1v) is 11.4. The molecule has 0 saturated heterocycles. The molecule has 0 amide bonds. The molecular formula is C20H29N3O2S2. The van der Waals surface area contributed by atoms with Crippen LogP contribution in [0, 0.1) is 13.8 Å². The molecule has 3 N–H and O–H groups in total. The van der Waals surface area contributed by atoms with Gasteiger partial charge >= 0.3 is 0 Å². The Morgan fingerprint density at radius 2 is 1.70 bits per heavy atom. The molecule has 0 fully saturated rings. The molecule has 0 aliphatic rings. The van der Waals surface area contributed by atoms with E-state index >= 15 is 0 Å². The summed E-state index contributed by atoms with van der Waals surface area (Å²) in [4.78, 5) is 3.57. The van der Waals surface area contributed by atoms with Gasteiger partial charge in [0.2, 0.25) is 10.0 Å². The van der Waals surface area contributed by atoms with Gasteiger partial charge in [-0.25, -0.2) is 13.6 Å². The summed E-state index contributed by atoms with van der Waals surface area (Å²) >= 11 is 1.82. The van der Waals surface area contributed by atoms with Crippen molar-refractivity contribution < 1.29 is 8.42 Å². The van der Waals surface area contributed by atoms with Crippen molar-refractivity contribution in [3.63, 3.8) is 0 Å². The molecule has 27 heavy (non-hydrogen) atoms. The number of thioether (sulfide) groups is 1. The molecule has 2 aromatic rings. The van der Waals surface area contributed by atoms with E-state index in [1.165, 1.54) is 4.90 Å². The van der Waals surface area contributed by atoms with Crippen molar-refractivity contribution >= 4 is 27.5 Å². The Labute approximate surface area is 167 Å². The van der Waals surface area contributed by atoms with E-state index in [2.05, 4.69) is 36.4 Å². The summed E-state index contributed by atoms with van der Waals surface area (Å²) in [6.07, 6.45) is 0.989. The van der Waals surface area contributed by atoms with Crippen LogP contribution >= 0.6 is 11.8 Å². The van der Waals surface area contributed by atoms with Crippen LogP contribution in [0.25, 0.3) is 0 Å². The van der Waals surface area contributed by atoms with Crippen LogP contribution < -0.4 is 10.5 Å². The minimum atomic E-state index is -3.70. The highest BCUT2D eigenvalue weighted by molar-refractivity contribution is 7.99. The van der Waals surface area contributed by atoms with Crippen LogP contribution in [0.5, 0.6) is 0 Å². The van der Waals surface area contributed by atoms with Gasteiger partial charge in [-0.1, -0.05) is 18.2 Å². The molecule has 1 unspecified atom stereocenters. The summed E-state index contributed by atoms with van der Waals surface area (Å²) in [6.45, 7) is 4.80. The largest absolute Gasteiger partial charge is 0.381 e. The van der Waals surface area contributed by atoms with Gasteiger partial charge in [-0.2, -0.15) is 0 Å². The first-order valence-electron chi connectivity index (χ1n) is 8.90. The maximum absolute atomic E-state index is 11.7. The first-order chi connectivity index (χ1) is 12.7. The predicted octanol–water partition coefficient (Wildman–Crippen LogP) is 3.48. The summed E-state index contributed by atoms with van der Waals surface area (Å²) in [5, 5.41) is 8.92. The maximum atomic E-state index is 11.7. The number of hydrogen-bond donors (Lipinski definition) is 2. The van der Waals surface area contributed by atoms with E-state index in [1.54, 1.807) is 12.1 Å². The highest BCUT2D eigenvalue weighted by Crippen LogP contribution is 2.27. The zero-order chi connectivity index (χ0) is 20.0. The third-order valence-electron chi connectivity index (χ3n) is 4.30. The number of anilines is 1. The van der Waals surface area contributed by atoms with Gasteiger partial charge in [-0.15, -0.1) is 11.8 Å². The SMILES string of the molecule is Cc1cc(S(N)(=O)=O)cc(C)c1NC(CCN(C)C)CSc1ccccc1. The van der Waals surface area contributed by atoms with Crippen LogP contribution in [-0.2, 0) is 10.0 Å². The second-order valence-electron chi connectivity index (χ2n) is 7.03. The fourth-order valence-electron chi connectivity index (χ4n) is 2.84. The molecule has 0 bridgehead atoms. The summed E-state index contributed by atoms with van der Waals surface area (Å²) in [7, 11) is 0.437. The van der Waals surface area contributed by atoms with E-state index in [-0.39, 0.29) is 10.9 Å². The molecule has 2 rings (SSSR count). The van der Waals surface area contributed by atoms with E-state index in [4.69, 9.17) is 5.14 Å². The summed E-state index contributed by atoms with van der Waals surface area (Å²) in [6, 6.07) is 13.9. The average molecular weight is 408 g/mol. The van der Waals surface area contributed by atoms with Crippen molar-refractivity contribution in [1.82, 2.24) is 4.90 Å². The Balaban J connectivity index is 2.18. The first kappa shape index (κ1) is 21.8. The average Bonchev–Trinajstić information content (AvgIpc) is 2.59. The lowest BCUT2D eigenvalue weighted by Crippen LogP contribution is -2.28. The van der Waals surface area contributed by atoms with Gasteiger partial charge in [0.15, 0.2) is 0 Å². The van der Waals surface area contributed by atoms with Gasteiger partial charge in [0.25, 0.3) is 0 Å². The number of primary sulfonamides is 1. The van der Waals surface area contributed by atoms with Crippen molar-refractivity contribution in [2.75, 3.05) is 31.7 Å². The molecule has 0 radical (unpaired) electrons. The lowest BCUT2D eigenvalue weighted by atomic mass is 10.1. The number of aryl methyl sites for hydroxylation is 2. The molecule has 0 aliphatic carbocycles.